The molecule has 0 aliphatic rings. The zero-order valence-electron chi connectivity index (χ0n) is 17.9. The molecule has 162 valence electrons. The van der Waals surface area contributed by atoms with Crippen LogP contribution in [0.2, 0.25) is 5.02 Å². The van der Waals surface area contributed by atoms with Crippen LogP contribution in [-0.4, -0.2) is 20.6 Å². The number of carbonyl (C=O) groups is 1. The van der Waals surface area contributed by atoms with Crippen molar-refractivity contribution in [2.45, 2.75) is 58.1 Å². The number of benzene rings is 2. The Morgan fingerprint density at radius 1 is 1.26 bits per heavy atom. The molecule has 0 fully saturated rings. The number of anilines is 1. The van der Waals surface area contributed by atoms with Crippen LogP contribution in [0.1, 0.15) is 57.1 Å². The van der Waals surface area contributed by atoms with E-state index in [1.54, 1.807) is 49.4 Å². The van der Waals surface area contributed by atoms with Crippen molar-refractivity contribution in [3.05, 3.63) is 58.6 Å². The number of aliphatic hydroxyl groups is 1. The van der Waals surface area contributed by atoms with Crippen LogP contribution in [-0.2, 0) is 16.9 Å². The summed E-state index contributed by atoms with van der Waals surface area (Å²) in [5.74, 6) is 0.0529. The fourth-order valence-electron chi connectivity index (χ4n) is 3.69. The van der Waals surface area contributed by atoms with Gasteiger partial charge < -0.3 is 9.67 Å². The van der Waals surface area contributed by atoms with Crippen LogP contribution in [0.25, 0.3) is 11.0 Å². The van der Waals surface area contributed by atoms with Crippen LogP contribution >= 0.6 is 11.6 Å². The molecule has 3 rings (SSSR count). The molecule has 0 saturated carbocycles. The molecule has 1 aromatic heterocycles. The summed E-state index contributed by atoms with van der Waals surface area (Å²) in [7, 11) is 0. The molecule has 31 heavy (non-hydrogen) atoms. The number of aromatic nitrogens is 2. The third-order valence-electron chi connectivity index (χ3n) is 5.32. The van der Waals surface area contributed by atoms with E-state index >= 15 is 0 Å². The molecule has 0 aliphatic heterocycles. The lowest BCUT2D eigenvalue weighted by Gasteiger charge is -2.24. The van der Waals surface area contributed by atoms with Gasteiger partial charge in [-0.1, -0.05) is 56.0 Å². The number of halogens is 1. The summed E-state index contributed by atoms with van der Waals surface area (Å²) in [6, 6.07) is 14.4. The number of rotatable bonds is 9. The van der Waals surface area contributed by atoms with Crippen molar-refractivity contribution in [1.29, 1.82) is 5.26 Å². The molecule has 2 aromatic carbocycles. The first-order valence-corrected chi connectivity index (χ1v) is 10.9. The van der Waals surface area contributed by atoms with Gasteiger partial charge in [-0.25, -0.2) is 4.98 Å². The fraction of sp³-hybridized carbons (Fsp3) is 0.375. The van der Waals surface area contributed by atoms with Crippen LogP contribution < -0.4 is 5.32 Å². The molecule has 1 heterocycles. The lowest BCUT2D eigenvalue weighted by Crippen LogP contribution is -2.29. The second kappa shape index (κ2) is 9.95. The van der Waals surface area contributed by atoms with Crippen molar-refractivity contribution in [3.63, 3.8) is 0 Å². The maximum Gasteiger partial charge on any atom is 0.229 e. The normalized spacial score (nSPS) is 13.0. The summed E-state index contributed by atoms with van der Waals surface area (Å²) >= 11 is 6.21. The number of fused-ring (bicyclic) bond motifs is 1. The Kier molecular flexibility index (Phi) is 7.32. The zero-order valence-corrected chi connectivity index (χ0v) is 18.6. The molecule has 3 aromatic rings. The largest absolute Gasteiger partial charge is 0.385 e. The van der Waals surface area contributed by atoms with E-state index in [-0.39, 0.29) is 12.3 Å². The Balaban J connectivity index is 1.84. The second-order valence-corrected chi connectivity index (χ2v) is 8.35. The summed E-state index contributed by atoms with van der Waals surface area (Å²) in [4.78, 5) is 17.4. The van der Waals surface area contributed by atoms with Gasteiger partial charge >= 0.3 is 0 Å². The Morgan fingerprint density at radius 2 is 2.03 bits per heavy atom. The third-order valence-corrected chi connectivity index (χ3v) is 5.65. The van der Waals surface area contributed by atoms with Crippen LogP contribution in [0.3, 0.4) is 0 Å². The molecule has 7 heteroatoms. The Hall–Kier alpha value is -2.88. The lowest BCUT2D eigenvalue weighted by atomic mass is 9.92. The van der Waals surface area contributed by atoms with Crippen molar-refractivity contribution in [1.82, 2.24) is 9.55 Å². The standard InChI is InChI=1S/C24H27ClN4O2/c1-3-4-5-8-13-29-21-14-17(16-26)11-12-20(21)27-23(29)28-22(30)15-24(2,31)18-9-6-7-10-19(18)25/h6-7,9-12,14,31H,3-5,8,13,15H2,1-2H3,(H,27,28,30)/t24-/m0/s1. The number of carbonyl (C=O) groups excluding carboxylic acids is 1. The highest BCUT2D eigenvalue weighted by Gasteiger charge is 2.29. The number of unbranched alkanes of at least 4 members (excludes halogenated alkanes) is 3. The fourth-order valence-corrected chi connectivity index (χ4v) is 4.02. The van der Waals surface area contributed by atoms with Gasteiger partial charge in [-0.15, -0.1) is 0 Å². The highest BCUT2D eigenvalue weighted by Crippen LogP contribution is 2.31. The summed E-state index contributed by atoms with van der Waals surface area (Å²) in [6.07, 6.45) is 4.11. The molecule has 2 N–H and O–H groups in total. The van der Waals surface area contributed by atoms with Gasteiger partial charge in [-0.2, -0.15) is 5.26 Å². The third kappa shape index (κ3) is 5.43. The SMILES string of the molecule is CCCCCCn1c(NC(=O)C[C@](C)(O)c2ccccc2Cl)nc2ccc(C#N)cc21. The van der Waals surface area contributed by atoms with E-state index in [9.17, 15) is 15.2 Å². The van der Waals surface area contributed by atoms with E-state index in [0.29, 0.717) is 34.2 Å². The van der Waals surface area contributed by atoms with Gasteiger partial charge in [0.25, 0.3) is 0 Å². The van der Waals surface area contributed by atoms with Crippen molar-refractivity contribution >= 4 is 34.5 Å². The monoisotopic (exact) mass is 438 g/mol. The van der Waals surface area contributed by atoms with Crippen molar-refractivity contribution in [3.8, 4) is 6.07 Å². The van der Waals surface area contributed by atoms with Gasteiger partial charge in [0.15, 0.2) is 0 Å². The Labute approximate surface area is 187 Å². The molecule has 0 bridgehead atoms. The summed E-state index contributed by atoms with van der Waals surface area (Å²) in [6.45, 7) is 4.41. The molecule has 1 atom stereocenters. The number of hydrogen-bond acceptors (Lipinski definition) is 4. The smallest absolute Gasteiger partial charge is 0.229 e. The van der Waals surface area contributed by atoms with E-state index in [2.05, 4.69) is 23.3 Å². The lowest BCUT2D eigenvalue weighted by molar-refractivity contribution is -0.120. The van der Waals surface area contributed by atoms with Crippen molar-refractivity contribution in [2.75, 3.05) is 5.32 Å². The van der Waals surface area contributed by atoms with Gasteiger partial charge in [0, 0.05) is 17.1 Å². The minimum atomic E-state index is -1.42. The number of nitriles is 1. The molecule has 0 saturated heterocycles. The zero-order chi connectivity index (χ0) is 22.4. The molecular formula is C24H27ClN4O2. The predicted octanol–water partition coefficient (Wildman–Crippen LogP) is 5.38. The first-order valence-electron chi connectivity index (χ1n) is 10.5. The average molecular weight is 439 g/mol. The van der Waals surface area contributed by atoms with E-state index in [1.807, 2.05) is 4.57 Å². The minimum absolute atomic E-state index is 0.167. The topological polar surface area (TPSA) is 90.9 Å². The number of nitrogens with one attached hydrogen (secondary N) is 1. The number of amides is 1. The number of hydrogen-bond donors (Lipinski definition) is 2. The molecule has 0 spiro atoms. The predicted molar refractivity (Wildman–Crippen MR) is 123 cm³/mol. The number of aryl methyl sites for hydroxylation is 1. The molecule has 1 amide bonds. The number of nitrogens with zero attached hydrogens (tertiary/aromatic N) is 3. The van der Waals surface area contributed by atoms with E-state index in [1.165, 1.54) is 0 Å². The van der Waals surface area contributed by atoms with Gasteiger partial charge in [-0.05, 0) is 37.6 Å². The van der Waals surface area contributed by atoms with Gasteiger partial charge in [0.1, 0.15) is 0 Å². The first-order chi connectivity index (χ1) is 14.9. The summed E-state index contributed by atoms with van der Waals surface area (Å²) in [5.41, 5.74) is 1.14. The maximum atomic E-state index is 12.8. The van der Waals surface area contributed by atoms with Crippen LogP contribution in [0.4, 0.5) is 5.95 Å². The van der Waals surface area contributed by atoms with Gasteiger partial charge in [0.2, 0.25) is 11.9 Å². The van der Waals surface area contributed by atoms with E-state index < -0.39 is 5.60 Å². The maximum absolute atomic E-state index is 12.8. The molecule has 6 nitrogen and oxygen atoms in total. The van der Waals surface area contributed by atoms with Crippen LogP contribution in [0, 0.1) is 11.3 Å². The molecule has 0 unspecified atom stereocenters. The van der Waals surface area contributed by atoms with Crippen LogP contribution in [0.15, 0.2) is 42.5 Å². The minimum Gasteiger partial charge on any atom is -0.385 e. The van der Waals surface area contributed by atoms with Gasteiger partial charge in [0.05, 0.1) is 34.7 Å². The highest BCUT2D eigenvalue weighted by atomic mass is 35.5. The van der Waals surface area contributed by atoms with Gasteiger partial charge in [-0.3, -0.25) is 10.1 Å². The molecule has 0 radical (unpaired) electrons. The summed E-state index contributed by atoms with van der Waals surface area (Å²) < 4.78 is 1.94. The Bertz CT molecular complexity index is 1110. The molecule has 0 aliphatic carbocycles. The van der Waals surface area contributed by atoms with E-state index in [4.69, 9.17) is 11.6 Å². The highest BCUT2D eigenvalue weighted by molar-refractivity contribution is 6.31. The van der Waals surface area contributed by atoms with Crippen molar-refractivity contribution < 1.29 is 9.90 Å². The average Bonchev–Trinajstić information content (AvgIpc) is 3.06. The van der Waals surface area contributed by atoms with Crippen LogP contribution in [0.5, 0.6) is 0 Å². The van der Waals surface area contributed by atoms with Crippen molar-refractivity contribution in [2.24, 2.45) is 0 Å². The Morgan fingerprint density at radius 3 is 2.74 bits per heavy atom. The summed E-state index contributed by atoms with van der Waals surface area (Å²) in [5, 5.41) is 23.4. The number of imidazole rings is 1. The molecular weight excluding hydrogens is 412 g/mol. The first kappa shape index (κ1) is 22.8. The van der Waals surface area contributed by atoms with E-state index in [0.717, 1.165) is 31.2 Å². The second-order valence-electron chi connectivity index (χ2n) is 7.94. The quantitative estimate of drug-likeness (QED) is 0.439.